The minimum absolute atomic E-state index is 0.0467. The quantitative estimate of drug-likeness (QED) is 0.626. The van der Waals surface area contributed by atoms with E-state index < -0.39 is 10.0 Å². The molecule has 18 heavy (non-hydrogen) atoms. The molecule has 0 bridgehead atoms. The average molecular weight is 266 g/mol. The van der Waals surface area contributed by atoms with Crippen molar-refractivity contribution in [3.8, 4) is 12.3 Å². The molecule has 0 amide bonds. The first-order valence-electron chi connectivity index (χ1n) is 5.75. The number of anilines is 1. The first kappa shape index (κ1) is 14.6. The van der Waals surface area contributed by atoms with Gasteiger partial charge in [-0.25, -0.2) is 8.42 Å². The second kappa shape index (κ2) is 6.43. The topological polar surface area (TPSA) is 63.4 Å². The zero-order valence-corrected chi connectivity index (χ0v) is 11.3. The molecule has 0 aromatic heterocycles. The van der Waals surface area contributed by atoms with Crippen molar-refractivity contribution in [3.05, 3.63) is 29.8 Å². The van der Waals surface area contributed by atoms with Crippen LogP contribution in [0.1, 0.15) is 18.9 Å². The van der Waals surface area contributed by atoms with Gasteiger partial charge < -0.3 is 5.73 Å². The van der Waals surface area contributed by atoms with E-state index in [-0.39, 0.29) is 12.3 Å². The van der Waals surface area contributed by atoms with Gasteiger partial charge in [0.05, 0.1) is 12.3 Å². The van der Waals surface area contributed by atoms with Crippen LogP contribution in [0.2, 0.25) is 0 Å². The molecule has 1 rings (SSSR count). The van der Waals surface area contributed by atoms with Crippen molar-refractivity contribution >= 4 is 15.7 Å². The molecule has 1 aromatic carbocycles. The van der Waals surface area contributed by atoms with Gasteiger partial charge in [0.25, 0.3) is 0 Å². The molecule has 98 valence electrons. The van der Waals surface area contributed by atoms with Crippen LogP contribution in [0.25, 0.3) is 0 Å². The van der Waals surface area contributed by atoms with Crippen LogP contribution in [-0.2, 0) is 15.8 Å². The van der Waals surface area contributed by atoms with Crippen LogP contribution >= 0.6 is 0 Å². The Morgan fingerprint density at radius 3 is 2.44 bits per heavy atom. The van der Waals surface area contributed by atoms with Gasteiger partial charge in [-0.1, -0.05) is 25.0 Å². The van der Waals surface area contributed by atoms with Crippen molar-refractivity contribution in [3.63, 3.8) is 0 Å². The molecule has 2 N–H and O–H groups in total. The zero-order valence-electron chi connectivity index (χ0n) is 10.5. The Morgan fingerprint density at radius 1 is 1.33 bits per heavy atom. The van der Waals surface area contributed by atoms with Gasteiger partial charge in [0, 0.05) is 12.2 Å². The van der Waals surface area contributed by atoms with Gasteiger partial charge in [0.1, 0.15) is 0 Å². The molecule has 1 aromatic rings. The number of rotatable bonds is 6. The lowest BCUT2D eigenvalue weighted by Gasteiger charge is -2.19. The third-order valence-electron chi connectivity index (χ3n) is 2.46. The predicted molar refractivity (Wildman–Crippen MR) is 74.2 cm³/mol. The summed E-state index contributed by atoms with van der Waals surface area (Å²) in [6.45, 7) is 2.48. The van der Waals surface area contributed by atoms with Crippen molar-refractivity contribution < 1.29 is 8.42 Å². The maximum absolute atomic E-state index is 12.2. The summed E-state index contributed by atoms with van der Waals surface area (Å²) in [5.41, 5.74) is 6.89. The van der Waals surface area contributed by atoms with Gasteiger partial charge >= 0.3 is 0 Å². The Morgan fingerprint density at radius 2 is 1.94 bits per heavy atom. The fourth-order valence-electron chi connectivity index (χ4n) is 1.58. The monoisotopic (exact) mass is 266 g/mol. The zero-order chi connectivity index (χ0) is 13.6. The Hall–Kier alpha value is -1.51. The number of hydrogen-bond donors (Lipinski definition) is 1. The lowest BCUT2D eigenvalue weighted by atomic mass is 10.2. The van der Waals surface area contributed by atoms with E-state index in [4.69, 9.17) is 12.2 Å². The third kappa shape index (κ3) is 4.06. The molecule has 0 aliphatic carbocycles. The van der Waals surface area contributed by atoms with E-state index in [0.29, 0.717) is 17.8 Å². The van der Waals surface area contributed by atoms with Crippen LogP contribution in [0.3, 0.4) is 0 Å². The summed E-state index contributed by atoms with van der Waals surface area (Å²) in [5, 5.41) is 0. The predicted octanol–water partition coefficient (Wildman–Crippen LogP) is 1.44. The van der Waals surface area contributed by atoms with Crippen LogP contribution in [0.15, 0.2) is 24.3 Å². The number of hydrogen-bond acceptors (Lipinski definition) is 3. The molecule has 0 saturated heterocycles. The SMILES string of the molecule is C#CCN(CCC)S(=O)(=O)Cc1ccc(N)cc1. The third-order valence-corrected chi connectivity index (χ3v) is 4.26. The molecular formula is C13H18N2O2S. The molecule has 0 aliphatic heterocycles. The lowest BCUT2D eigenvalue weighted by molar-refractivity contribution is 0.445. The molecule has 4 nitrogen and oxygen atoms in total. The van der Waals surface area contributed by atoms with E-state index in [1.165, 1.54) is 4.31 Å². The molecule has 5 heteroatoms. The number of benzene rings is 1. The van der Waals surface area contributed by atoms with E-state index >= 15 is 0 Å². The molecule has 0 aliphatic rings. The Kier molecular flexibility index (Phi) is 5.20. The maximum atomic E-state index is 12.2. The largest absolute Gasteiger partial charge is 0.399 e. The molecule has 0 unspecified atom stereocenters. The average Bonchev–Trinajstić information content (AvgIpc) is 2.32. The lowest BCUT2D eigenvalue weighted by Crippen LogP contribution is -2.33. The fraction of sp³-hybridized carbons (Fsp3) is 0.385. The van der Waals surface area contributed by atoms with E-state index in [1.807, 2.05) is 6.92 Å². The van der Waals surface area contributed by atoms with E-state index in [9.17, 15) is 8.42 Å². The summed E-state index contributed by atoms with van der Waals surface area (Å²) in [6.07, 6.45) is 5.94. The van der Waals surface area contributed by atoms with Gasteiger partial charge in [0.2, 0.25) is 10.0 Å². The van der Waals surface area contributed by atoms with Gasteiger partial charge in [-0.15, -0.1) is 6.42 Å². The summed E-state index contributed by atoms with van der Waals surface area (Å²) >= 11 is 0. The highest BCUT2D eigenvalue weighted by Crippen LogP contribution is 2.13. The molecule has 0 atom stereocenters. The van der Waals surface area contributed by atoms with Gasteiger partial charge in [-0.3, -0.25) is 0 Å². The number of sulfonamides is 1. The fourth-order valence-corrected chi connectivity index (χ4v) is 3.11. The van der Waals surface area contributed by atoms with Crippen molar-refractivity contribution in [2.45, 2.75) is 19.1 Å². The minimum Gasteiger partial charge on any atom is -0.399 e. The van der Waals surface area contributed by atoms with E-state index in [1.54, 1.807) is 24.3 Å². The summed E-state index contributed by atoms with van der Waals surface area (Å²) in [4.78, 5) is 0. The van der Waals surface area contributed by atoms with E-state index in [0.717, 1.165) is 6.42 Å². The van der Waals surface area contributed by atoms with Crippen LogP contribution in [0.4, 0.5) is 5.69 Å². The summed E-state index contributed by atoms with van der Waals surface area (Å²) in [7, 11) is -3.36. The highest BCUT2D eigenvalue weighted by molar-refractivity contribution is 7.88. The first-order valence-corrected chi connectivity index (χ1v) is 7.36. The number of nitrogens with two attached hydrogens (primary N) is 1. The Balaban J connectivity index is 2.85. The van der Waals surface area contributed by atoms with Gasteiger partial charge in [-0.05, 0) is 24.1 Å². The molecule has 0 spiro atoms. The van der Waals surface area contributed by atoms with Crippen molar-refractivity contribution in [1.29, 1.82) is 0 Å². The van der Waals surface area contributed by atoms with Crippen LogP contribution in [-0.4, -0.2) is 25.8 Å². The second-order valence-electron chi connectivity index (χ2n) is 4.04. The number of nitrogen functional groups attached to an aromatic ring is 1. The molecular weight excluding hydrogens is 248 g/mol. The Labute approximate surface area is 109 Å². The standard InChI is InChI=1S/C13H18N2O2S/c1-3-9-15(10-4-2)18(16,17)11-12-5-7-13(14)8-6-12/h1,5-8H,4,9-11,14H2,2H3. The molecule has 0 saturated carbocycles. The van der Waals surface area contributed by atoms with Crippen LogP contribution in [0, 0.1) is 12.3 Å². The maximum Gasteiger partial charge on any atom is 0.219 e. The Bertz CT molecular complexity index is 515. The van der Waals surface area contributed by atoms with Crippen molar-refractivity contribution in [1.82, 2.24) is 4.31 Å². The second-order valence-corrected chi connectivity index (χ2v) is 6.00. The molecule has 0 fully saturated rings. The highest BCUT2D eigenvalue weighted by Gasteiger charge is 2.20. The minimum atomic E-state index is -3.36. The van der Waals surface area contributed by atoms with E-state index in [2.05, 4.69) is 5.92 Å². The highest BCUT2D eigenvalue weighted by atomic mass is 32.2. The van der Waals surface area contributed by atoms with Gasteiger partial charge in [-0.2, -0.15) is 4.31 Å². The normalized spacial score (nSPS) is 11.4. The van der Waals surface area contributed by atoms with Crippen molar-refractivity contribution in [2.75, 3.05) is 18.8 Å². The first-order chi connectivity index (χ1) is 8.49. The smallest absolute Gasteiger partial charge is 0.219 e. The summed E-state index contributed by atoms with van der Waals surface area (Å²) < 4.78 is 25.7. The molecule has 0 heterocycles. The summed E-state index contributed by atoms with van der Waals surface area (Å²) in [6, 6.07) is 6.81. The van der Waals surface area contributed by atoms with Crippen LogP contribution < -0.4 is 5.73 Å². The van der Waals surface area contributed by atoms with Crippen molar-refractivity contribution in [2.24, 2.45) is 0 Å². The number of nitrogens with zero attached hydrogens (tertiary/aromatic N) is 1. The number of terminal acetylenes is 1. The molecule has 0 radical (unpaired) electrons. The van der Waals surface area contributed by atoms with Gasteiger partial charge in [0.15, 0.2) is 0 Å². The van der Waals surface area contributed by atoms with Crippen LogP contribution in [0.5, 0.6) is 0 Å². The summed E-state index contributed by atoms with van der Waals surface area (Å²) in [5.74, 6) is 2.33.